The number of benzene rings is 1. The number of piperazine rings is 1. The molecule has 0 spiro atoms. The van der Waals surface area contributed by atoms with Gasteiger partial charge >= 0.3 is 0 Å². The molecule has 1 aromatic carbocycles. The maximum atomic E-state index is 10.4. The molecular weight excluding hydrogens is 264 g/mol. The summed E-state index contributed by atoms with van der Waals surface area (Å²) in [5.41, 5.74) is 1.00. The van der Waals surface area contributed by atoms with Crippen molar-refractivity contribution in [1.29, 1.82) is 0 Å². The molecule has 2 rings (SSSR count). The molecule has 0 saturated carbocycles. The molecule has 118 valence electrons. The Balaban J connectivity index is 1.78. The number of rotatable bonds is 7. The number of aliphatic hydroxyl groups is 1. The highest BCUT2D eigenvalue weighted by molar-refractivity contribution is 5.17. The lowest BCUT2D eigenvalue weighted by molar-refractivity contribution is 0.0263. The predicted molar refractivity (Wildman–Crippen MR) is 85.4 cm³/mol. The Labute approximate surface area is 128 Å². The van der Waals surface area contributed by atoms with Crippen molar-refractivity contribution in [2.24, 2.45) is 0 Å². The first-order chi connectivity index (χ1) is 10.2. The number of hydrogen-bond donors (Lipinski definition) is 1. The molecule has 1 aromatic rings. The Bertz CT molecular complexity index is 399. The third-order valence-corrected chi connectivity index (χ3v) is 4.20. The minimum atomic E-state index is -0.399. The first-order valence-electron chi connectivity index (χ1n) is 7.98. The highest BCUT2D eigenvalue weighted by Gasteiger charge is 2.25. The lowest BCUT2D eigenvalue weighted by atomic mass is 10.1. The van der Waals surface area contributed by atoms with Gasteiger partial charge in [-0.3, -0.25) is 9.80 Å². The number of hydrogen-bond acceptors (Lipinski definition) is 4. The van der Waals surface area contributed by atoms with Crippen LogP contribution in [-0.4, -0.2) is 66.9 Å². The van der Waals surface area contributed by atoms with Crippen LogP contribution in [0.1, 0.15) is 25.5 Å². The Morgan fingerprint density at radius 2 is 2.05 bits per heavy atom. The molecule has 0 radical (unpaired) electrons. The summed E-state index contributed by atoms with van der Waals surface area (Å²) in [6, 6.07) is 10.4. The molecule has 0 aliphatic carbocycles. The lowest BCUT2D eigenvalue weighted by Crippen LogP contribution is -2.53. The van der Waals surface area contributed by atoms with Gasteiger partial charge in [0.2, 0.25) is 0 Å². The normalized spacial score (nSPS) is 22.3. The maximum absolute atomic E-state index is 10.4. The molecule has 4 heteroatoms. The molecule has 0 bridgehead atoms. The van der Waals surface area contributed by atoms with Crippen LogP contribution in [0.5, 0.6) is 0 Å². The van der Waals surface area contributed by atoms with E-state index in [0.717, 1.165) is 45.0 Å². The second-order valence-corrected chi connectivity index (χ2v) is 5.77. The molecule has 21 heavy (non-hydrogen) atoms. The summed E-state index contributed by atoms with van der Waals surface area (Å²) < 4.78 is 5.43. The molecule has 1 saturated heterocycles. The highest BCUT2D eigenvalue weighted by Crippen LogP contribution is 2.17. The van der Waals surface area contributed by atoms with E-state index in [1.807, 2.05) is 37.3 Å². The highest BCUT2D eigenvalue weighted by atomic mass is 16.5. The minimum absolute atomic E-state index is 0.399. The van der Waals surface area contributed by atoms with Gasteiger partial charge in [0.15, 0.2) is 0 Å². The van der Waals surface area contributed by atoms with Crippen molar-refractivity contribution in [2.75, 3.05) is 45.9 Å². The predicted octanol–water partition coefficient (Wildman–Crippen LogP) is 1.76. The molecule has 0 aromatic heterocycles. The van der Waals surface area contributed by atoms with E-state index < -0.39 is 6.10 Å². The van der Waals surface area contributed by atoms with Gasteiger partial charge in [-0.05, 0) is 19.4 Å². The quantitative estimate of drug-likeness (QED) is 0.777. The van der Waals surface area contributed by atoms with E-state index in [9.17, 15) is 5.11 Å². The van der Waals surface area contributed by atoms with Gasteiger partial charge in [0.25, 0.3) is 0 Å². The average molecular weight is 292 g/mol. The zero-order valence-electron chi connectivity index (χ0n) is 13.2. The van der Waals surface area contributed by atoms with E-state index in [4.69, 9.17) is 4.74 Å². The van der Waals surface area contributed by atoms with Gasteiger partial charge in [-0.25, -0.2) is 0 Å². The second kappa shape index (κ2) is 8.49. The zero-order valence-corrected chi connectivity index (χ0v) is 13.2. The molecule has 0 unspecified atom stereocenters. The van der Waals surface area contributed by atoms with E-state index in [1.165, 1.54) is 0 Å². The van der Waals surface area contributed by atoms with Crippen LogP contribution in [-0.2, 0) is 4.74 Å². The van der Waals surface area contributed by atoms with Gasteiger partial charge in [0.05, 0.1) is 12.7 Å². The fourth-order valence-corrected chi connectivity index (χ4v) is 2.89. The Hall–Kier alpha value is -0.940. The summed E-state index contributed by atoms with van der Waals surface area (Å²) in [7, 11) is 0. The molecule has 1 aliphatic rings. The van der Waals surface area contributed by atoms with E-state index in [0.29, 0.717) is 12.6 Å². The molecular formula is C17H28N2O2. The number of aliphatic hydroxyl groups excluding tert-OH is 1. The summed E-state index contributed by atoms with van der Waals surface area (Å²) in [6.07, 6.45) is -0.399. The lowest BCUT2D eigenvalue weighted by Gasteiger charge is -2.40. The van der Waals surface area contributed by atoms with Crippen molar-refractivity contribution in [3.63, 3.8) is 0 Å². The van der Waals surface area contributed by atoms with Gasteiger partial charge < -0.3 is 9.84 Å². The summed E-state index contributed by atoms with van der Waals surface area (Å²) >= 11 is 0. The molecule has 4 nitrogen and oxygen atoms in total. The van der Waals surface area contributed by atoms with Crippen molar-refractivity contribution in [2.45, 2.75) is 26.0 Å². The van der Waals surface area contributed by atoms with E-state index >= 15 is 0 Å². The van der Waals surface area contributed by atoms with Gasteiger partial charge in [0, 0.05) is 45.4 Å². The summed E-state index contributed by atoms with van der Waals surface area (Å²) in [5, 5.41) is 10.4. The van der Waals surface area contributed by atoms with Crippen LogP contribution in [0.4, 0.5) is 0 Å². The molecule has 1 fully saturated rings. The van der Waals surface area contributed by atoms with Gasteiger partial charge in [0.1, 0.15) is 0 Å². The summed E-state index contributed by atoms with van der Waals surface area (Å²) in [6.45, 7) is 10.7. The SMILES string of the molecule is CCOCCN1CCN(C[C@@H](O)c2ccccc2)[C@@H](C)C1. The van der Waals surface area contributed by atoms with E-state index in [1.54, 1.807) is 0 Å². The van der Waals surface area contributed by atoms with Gasteiger partial charge in [-0.1, -0.05) is 30.3 Å². The first-order valence-corrected chi connectivity index (χ1v) is 7.98. The van der Waals surface area contributed by atoms with Crippen molar-refractivity contribution >= 4 is 0 Å². The Morgan fingerprint density at radius 3 is 2.71 bits per heavy atom. The third-order valence-electron chi connectivity index (χ3n) is 4.20. The smallest absolute Gasteiger partial charge is 0.0917 e. The van der Waals surface area contributed by atoms with Crippen LogP contribution in [0.15, 0.2) is 30.3 Å². The first kappa shape index (κ1) is 16.4. The van der Waals surface area contributed by atoms with Crippen molar-refractivity contribution in [3.8, 4) is 0 Å². The van der Waals surface area contributed by atoms with Crippen LogP contribution in [0.2, 0.25) is 0 Å². The van der Waals surface area contributed by atoms with Crippen LogP contribution in [0, 0.1) is 0 Å². The second-order valence-electron chi connectivity index (χ2n) is 5.77. The van der Waals surface area contributed by atoms with E-state index in [2.05, 4.69) is 16.7 Å². The third kappa shape index (κ3) is 5.08. The largest absolute Gasteiger partial charge is 0.387 e. The average Bonchev–Trinajstić information content (AvgIpc) is 2.51. The number of ether oxygens (including phenoxy) is 1. The van der Waals surface area contributed by atoms with Gasteiger partial charge in [-0.15, -0.1) is 0 Å². The fraction of sp³-hybridized carbons (Fsp3) is 0.647. The number of nitrogens with zero attached hydrogens (tertiary/aromatic N) is 2. The van der Waals surface area contributed by atoms with E-state index in [-0.39, 0.29) is 0 Å². The number of β-amino-alcohol motifs (C(OH)–C–C–N with tert-alkyl or cyclic N) is 1. The van der Waals surface area contributed by atoms with Crippen LogP contribution in [0.25, 0.3) is 0 Å². The molecule has 1 aliphatic heterocycles. The fourth-order valence-electron chi connectivity index (χ4n) is 2.89. The van der Waals surface area contributed by atoms with Crippen molar-refractivity contribution < 1.29 is 9.84 Å². The molecule has 1 heterocycles. The van der Waals surface area contributed by atoms with Crippen LogP contribution in [0.3, 0.4) is 0 Å². The molecule has 1 N–H and O–H groups in total. The monoisotopic (exact) mass is 292 g/mol. The zero-order chi connectivity index (χ0) is 15.1. The van der Waals surface area contributed by atoms with Crippen molar-refractivity contribution in [3.05, 3.63) is 35.9 Å². The molecule has 0 amide bonds. The topological polar surface area (TPSA) is 35.9 Å². The van der Waals surface area contributed by atoms with Crippen molar-refractivity contribution in [1.82, 2.24) is 9.80 Å². The van der Waals surface area contributed by atoms with Gasteiger partial charge in [-0.2, -0.15) is 0 Å². The maximum Gasteiger partial charge on any atom is 0.0917 e. The Kier molecular flexibility index (Phi) is 6.64. The summed E-state index contributed by atoms with van der Waals surface area (Å²) in [4.78, 5) is 4.83. The van der Waals surface area contributed by atoms with Crippen LogP contribution < -0.4 is 0 Å². The summed E-state index contributed by atoms with van der Waals surface area (Å²) in [5.74, 6) is 0. The van der Waals surface area contributed by atoms with Crippen LogP contribution >= 0.6 is 0 Å². The minimum Gasteiger partial charge on any atom is -0.387 e. The molecule has 2 atom stereocenters. The standard InChI is InChI=1S/C17H28N2O2/c1-3-21-12-11-18-9-10-19(15(2)13-18)14-17(20)16-7-5-4-6-8-16/h4-8,15,17,20H,3,9-14H2,1-2H3/t15-,17+/m0/s1. The Morgan fingerprint density at radius 1 is 1.29 bits per heavy atom.